The summed E-state index contributed by atoms with van der Waals surface area (Å²) in [4.78, 5) is 23.3. The molecule has 1 heterocycles. The first-order valence-corrected chi connectivity index (χ1v) is 7.71. The van der Waals surface area contributed by atoms with E-state index in [1.165, 1.54) is 0 Å². The molecule has 1 aliphatic carbocycles. The summed E-state index contributed by atoms with van der Waals surface area (Å²) in [7, 11) is 0. The number of benzene rings is 1. The van der Waals surface area contributed by atoms with Gasteiger partial charge in [-0.25, -0.2) is 0 Å². The van der Waals surface area contributed by atoms with Crippen molar-refractivity contribution < 1.29 is 9.59 Å². The molecule has 3 rings (SSSR count). The number of nitriles is 1. The van der Waals surface area contributed by atoms with Crippen LogP contribution in [-0.2, 0) is 4.79 Å². The van der Waals surface area contributed by atoms with Crippen molar-refractivity contribution in [1.29, 1.82) is 5.26 Å². The average molecular weight is 323 g/mol. The van der Waals surface area contributed by atoms with E-state index in [9.17, 15) is 14.9 Å². The zero-order valence-corrected chi connectivity index (χ0v) is 13.0. The second-order valence-corrected chi connectivity index (χ2v) is 5.81. The SMILES string of the molecule is N#C[C@H]1CC(=O)CC[C@@H]1n1cc(C(N)=O)c(Nc2ccccc2)n1. The van der Waals surface area contributed by atoms with Crippen LogP contribution in [-0.4, -0.2) is 21.5 Å². The fourth-order valence-corrected chi connectivity index (χ4v) is 2.93. The highest BCUT2D eigenvalue weighted by Crippen LogP contribution is 2.33. The number of primary amides is 1. The zero-order chi connectivity index (χ0) is 17.1. The third-order valence-electron chi connectivity index (χ3n) is 4.17. The molecule has 122 valence electrons. The minimum Gasteiger partial charge on any atom is -0.365 e. The van der Waals surface area contributed by atoms with E-state index in [0.29, 0.717) is 18.7 Å². The lowest BCUT2D eigenvalue weighted by atomic mass is 9.85. The number of Topliss-reactive ketones (excluding diaryl/α,β-unsaturated/α-hetero) is 1. The highest BCUT2D eigenvalue weighted by atomic mass is 16.1. The number of nitrogens with two attached hydrogens (primary N) is 1. The Morgan fingerprint density at radius 3 is 2.79 bits per heavy atom. The number of rotatable bonds is 4. The normalized spacial score (nSPS) is 20.4. The molecule has 0 spiro atoms. The predicted octanol–water partition coefficient (Wildman–Crippen LogP) is 2.16. The molecular weight excluding hydrogens is 306 g/mol. The quantitative estimate of drug-likeness (QED) is 0.895. The summed E-state index contributed by atoms with van der Waals surface area (Å²) < 4.78 is 1.59. The maximum absolute atomic E-state index is 11.7. The van der Waals surface area contributed by atoms with Gasteiger partial charge in [-0.15, -0.1) is 0 Å². The number of aromatic nitrogens is 2. The topological polar surface area (TPSA) is 114 Å². The van der Waals surface area contributed by atoms with Gasteiger partial charge in [0.1, 0.15) is 11.3 Å². The summed E-state index contributed by atoms with van der Waals surface area (Å²) >= 11 is 0. The van der Waals surface area contributed by atoms with Crippen molar-refractivity contribution in [2.45, 2.75) is 25.3 Å². The molecule has 1 saturated carbocycles. The maximum atomic E-state index is 11.7. The van der Waals surface area contributed by atoms with Gasteiger partial charge in [0.25, 0.3) is 5.91 Å². The summed E-state index contributed by atoms with van der Waals surface area (Å²) in [6.45, 7) is 0. The fraction of sp³-hybridized carbons (Fsp3) is 0.294. The summed E-state index contributed by atoms with van der Waals surface area (Å²) in [5.74, 6) is -0.610. The number of hydrogen-bond donors (Lipinski definition) is 2. The molecule has 0 saturated heterocycles. The van der Waals surface area contributed by atoms with E-state index < -0.39 is 11.8 Å². The molecule has 1 amide bonds. The van der Waals surface area contributed by atoms with Crippen LogP contribution in [0.5, 0.6) is 0 Å². The Labute approximate surface area is 139 Å². The molecule has 0 aliphatic heterocycles. The molecule has 3 N–H and O–H groups in total. The number of nitrogens with one attached hydrogen (secondary N) is 1. The molecule has 2 atom stereocenters. The Hall–Kier alpha value is -3.14. The van der Waals surface area contributed by atoms with Crippen LogP contribution in [0.25, 0.3) is 0 Å². The molecule has 1 aromatic carbocycles. The number of carbonyl (C=O) groups is 2. The lowest BCUT2D eigenvalue weighted by Gasteiger charge is -2.26. The highest BCUT2D eigenvalue weighted by molar-refractivity contribution is 5.98. The lowest BCUT2D eigenvalue weighted by Crippen LogP contribution is -2.27. The van der Waals surface area contributed by atoms with Crippen LogP contribution in [0.15, 0.2) is 36.5 Å². The minimum absolute atomic E-state index is 0.0858. The maximum Gasteiger partial charge on any atom is 0.254 e. The monoisotopic (exact) mass is 323 g/mol. The summed E-state index contributed by atoms with van der Waals surface area (Å²) in [5.41, 5.74) is 6.48. The predicted molar refractivity (Wildman–Crippen MR) is 87.5 cm³/mol. The number of nitrogens with zero attached hydrogens (tertiary/aromatic N) is 3. The van der Waals surface area contributed by atoms with Crippen molar-refractivity contribution in [2.75, 3.05) is 5.32 Å². The Kier molecular flexibility index (Phi) is 4.29. The molecule has 1 fully saturated rings. The van der Waals surface area contributed by atoms with Gasteiger partial charge in [-0.1, -0.05) is 18.2 Å². The smallest absolute Gasteiger partial charge is 0.254 e. The van der Waals surface area contributed by atoms with Gasteiger partial charge in [0.15, 0.2) is 5.82 Å². The number of ketones is 1. The molecular formula is C17H17N5O2. The third-order valence-corrected chi connectivity index (χ3v) is 4.17. The first-order chi connectivity index (χ1) is 11.6. The summed E-state index contributed by atoms with van der Waals surface area (Å²) in [6, 6.07) is 11.2. The first-order valence-electron chi connectivity index (χ1n) is 7.71. The molecule has 0 radical (unpaired) electrons. The molecule has 0 bridgehead atoms. The largest absolute Gasteiger partial charge is 0.365 e. The van der Waals surface area contributed by atoms with Crippen molar-refractivity contribution in [3.8, 4) is 6.07 Å². The van der Waals surface area contributed by atoms with E-state index in [4.69, 9.17) is 5.73 Å². The number of para-hydroxylation sites is 1. The third kappa shape index (κ3) is 3.13. The van der Waals surface area contributed by atoms with E-state index in [1.54, 1.807) is 10.9 Å². The number of anilines is 2. The molecule has 2 aromatic rings. The number of hydrogen-bond acceptors (Lipinski definition) is 5. The Bertz CT molecular complexity index is 806. The van der Waals surface area contributed by atoms with Gasteiger partial charge >= 0.3 is 0 Å². The standard InChI is InChI=1S/C17H17N5O2/c18-9-11-8-13(23)6-7-15(11)22-10-14(16(19)24)17(21-22)20-12-4-2-1-3-5-12/h1-5,10-11,15H,6-8H2,(H2,19,24)(H,20,21)/t11-,15+/m1/s1. The molecule has 0 unspecified atom stereocenters. The second kappa shape index (κ2) is 6.54. The van der Waals surface area contributed by atoms with Gasteiger partial charge in [-0.3, -0.25) is 14.3 Å². The van der Waals surface area contributed by atoms with Crippen molar-refractivity contribution in [3.05, 3.63) is 42.1 Å². The van der Waals surface area contributed by atoms with Gasteiger partial charge in [-0.05, 0) is 18.6 Å². The Balaban J connectivity index is 1.92. The fourth-order valence-electron chi connectivity index (χ4n) is 2.93. The van der Waals surface area contributed by atoms with Crippen molar-refractivity contribution in [3.63, 3.8) is 0 Å². The van der Waals surface area contributed by atoms with E-state index >= 15 is 0 Å². The van der Waals surface area contributed by atoms with E-state index in [1.807, 2.05) is 30.3 Å². The first kappa shape index (κ1) is 15.7. The minimum atomic E-state index is -0.597. The molecule has 7 nitrogen and oxygen atoms in total. The molecule has 7 heteroatoms. The van der Waals surface area contributed by atoms with E-state index in [0.717, 1.165) is 5.69 Å². The van der Waals surface area contributed by atoms with Crippen LogP contribution in [0.3, 0.4) is 0 Å². The van der Waals surface area contributed by atoms with Crippen LogP contribution in [0.4, 0.5) is 11.5 Å². The molecule has 24 heavy (non-hydrogen) atoms. The average Bonchev–Trinajstić information content (AvgIpc) is 2.99. The highest BCUT2D eigenvalue weighted by Gasteiger charge is 2.32. The second-order valence-electron chi connectivity index (χ2n) is 5.81. The zero-order valence-electron chi connectivity index (χ0n) is 13.0. The number of carbonyl (C=O) groups excluding carboxylic acids is 2. The van der Waals surface area contributed by atoms with Crippen LogP contribution >= 0.6 is 0 Å². The van der Waals surface area contributed by atoms with Gasteiger partial charge in [0, 0.05) is 24.7 Å². The Morgan fingerprint density at radius 2 is 2.12 bits per heavy atom. The Morgan fingerprint density at radius 1 is 1.38 bits per heavy atom. The molecule has 1 aliphatic rings. The van der Waals surface area contributed by atoms with Gasteiger partial charge in [0.05, 0.1) is 18.0 Å². The van der Waals surface area contributed by atoms with E-state index in [-0.39, 0.29) is 23.8 Å². The summed E-state index contributed by atoms with van der Waals surface area (Å²) in [6.07, 6.45) is 2.71. The van der Waals surface area contributed by atoms with Crippen molar-refractivity contribution in [2.24, 2.45) is 11.7 Å². The van der Waals surface area contributed by atoms with Crippen LogP contribution < -0.4 is 11.1 Å². The van der Waals surface area contributed by atoms with Crippen molar-refractivity contribution >= 4 is 23.2 Å². The van der Waals surface area contributed by atoms with Crippen LogP contribution in [0.1, 0.15) is 35.7 Å². The number of amides is 1. The van der Waals surface area contributed by atoms with Gasteiger partial charge < -0.3 is 11.1 Å². The lowest BCUT2D eigenvalue weighted by molar-refractivity contribution is -0.121. The van der Waals surface area contributed by atoms with Crippen LogP contribution in [0, 0.1) is 17.2 Å². The van der Waals surface area contributed by atoms with Crippen LogP contribution in [0.2, 0.25) is 0 Å². The van der Waals surface area contributed by atoms with E-state index in [2.05, 4.69) is 16.5 Å². The summed E-state index contributed by atoms with van der Waals surface area (Å²) in [5, 5.41) is 16.8. The van der Waals surface area contributed by atoms with Gasteiger partial charge in [0.2, 0.25) is 0 Å². The van der Waals surface area contributed by atoms with Gasteiger partial charge in [-0.2, -0.15) is 10.4 Å². The molecule has 1 aromatic heterocycles. The van der Waals surface area contributed by atoms with Crippen molar-refractivity contribution in [1.82, 2.24) is 9.78 Å².